The molecule has 34 heavy (non-hydrogen) atoms. The average Bonchev–Trinajstić information content (AvgIpc) is 3.14. The summed E-state index contributed by atoms with van der Waals surface area (Å²) in [5.74, 6) is -4.02. The van der Waals surface area contributed by atoms with Gasteiger partial charge in [-0.25, -0.2) is 18.0 Å². The van der Waals surface area contributed by atoms with Crippen molar-refractivity contribution in [3.05, 3.63) is 40.3 Å². The standard InChI is InChI=1S/C23H27ClF3N5O2/c1-22(2,14-5-7-23(26,27)8-6-14)29-21(34)31-9-10-32-17(12-31)18(20(28)33)19(30-32)13-3-4-16(25)15(24)11-13/h3-4,11,14H,5-10,12H2,1-2H3,(H2,28,33)(H,29,34). The van der Waals surface area contributed by atoms with Crippen LogP contribution >= 0.6 is 11.6 Å². The molecular formula is C23H27ClF3N5O2. The Bertz CT molecular complexity index is 1120. The molecule has 1 aromatic heterocycles. The minimum Gasteiger partial charge on any atom is -0.365 e. The van der Waals surface area contributed by atoms with Gasteiger partial charge in [0.2, 0.25) is 5.92 Å². The number of nitrogens with one attached hydrogen (secondary N) is 1. The number of urea groups is 1. The predicted molar refractivity (Wildman–Crippen MR) is 121 cm³/mol. The fraction of sp³-hybridized carbons (Fsp3) is 0.522. The van der Waals surface area contributed by atoms with Crippen molar-refractivity contribution in [1.82, 2.24) is 20.0 Å². The zero-order valence-corrected chi connectivity index (χ0v) is 19.8. The summed E-state index contributed by atoms with van der Waals surface area (Å²) in [6, 6.07) is 3.67. The number of amides is 3. The highest BCUT2D eigenvalue weighted by Gasteiger charge is 2.42. The monoisotopic (exact) mass is 497 g/mol. The molecule has 0 radical (unpaired) electrons. The fourth-order valence-electron chi connectivity index (χ4n) is 4.81. The SMILES string of the molecule is CC(C)(NC(=O)N1CCn2nc(-c3ccc(F)c(Cl)c3)c(C(N)=O)c2C1)C1CCC(F)(F)CC1. The number of alkyl halides is 2. The second kappa shape index (κ2) is 8.79. The number of primary amides is 1. The number of rotatable bonds is 4. The van der Waals surface area contributed by atoms with Crippen molar-refractivity contribution in [2.75, 3.05) is 6.54 Å². The molecule has 2 heterocycles. The van der Waals surface area contributed by atoms with Gasteiger partial charge in [-0.1, -0.05) is 11.6 Å². The van der Waals surface area contributed by atoms with Gasteiger partial charge in [-0.3, -0.25) is 9.48 Å². The van der Waals surface area contributed by atoms with Gasteiger partial charge in [-0.15, -0.1) is 0 Å². The molecule has 7 nitrogen and oxygen atoms in total. The van der Waals surface area contributed by atoms with Crippen LogP contribution in [-0.2, 0) is 13.1 Å². The first kappa shape index (κ1) is 24.4. The highest BCUT2D eigenvalue weighted by atomic mass is 35.5. The van der Waals surface area contributed by atoms with Crippen molar-refractivity contribution >= 4 is 23.5 Å². The van der Waals surface area contributed by atoms with E-state index in [9.17, 15) is 22.8 Å². The quantitative estimate of drug-likeness (QED) is 0.648. The van der Waals surface area contributed by atoms with E-state index in [0.29, 0.717) is 37.2 Å². The first-order valence-electron chi connectivity index (χ1n) is 11.2. The van der Waals surface area contributed by atoms with Gasteiger partial charge in [-0.05, 0) is 50.8 Å². The molecule has 4 rings (SSSR count). The van der Waals surface area contributed by atoms with Gasteiger partial charge in [0.25, 0.3) is 5.91 Å². The second-order valence-electron chi connectivity index (χ2n) is 9.59. The Balaban J connectivity index is 1.54. The Morgan fingerprint density at radius 3 is 2.53 bits per heavy atom. The van der Waals surface area contributed by atoms with Crippen LogP contribution in [0.2, 0.25) is 5.02 Å². The lowest BCUT2D eigenvalue weighted by Crippen LogP contribution is -2.55. The van der Waals surface area contributed by atoms with E-state index >= 15 is 0 Å². The van der Waals surface area contributed by atoms with Gasteiger partial charge < -0.3 is 16.0 Å². The molecule has 1 aliphatic heterocycles. The summed E-state index contributed by atoms with van der Waals surface area (Å²) in [5, 5.41) is 7.36. The number of fused-ring (bicyclic) bond motifs is 1. The van der Waals surface area contributed by atoms with Crippen molar-refractivity contribution in [3.63, 3.8) is 0 Å². The minimum absolute atomic E-state index is 0.0672. The highest BCUT2D eigenvalue weighted by molar-refractivity contribution is 6.31. The number of aromatic nitrogens is 2. The number of hydrogen-bond acceptors (Lipinski definition) is 3. The van der Waals surface area contributed by atoms with E-state index in [2.05, 4.69) is 10.4 Å². The summed E-state index contributed by atoms with van der Waals surface area (Å²) in [4.78, 5) is 27.0. The lowest BCUT2D eigenvalue weighted by molar-refractivity contribution is -0.0542. The Morgan fingerprint density at radius 2 is 1.91 bits per heavy atom. The number of halogens is 4. The Morgan fingerprint density at radius 1 is 1.24 bits per heavy atom. The number of carbonyl (C=O) groups excluding carboxylic acids is 2. The molecule has 1 aliphatic carbocycles. The number of nitrogens with two attached hydrogens (primary N) is 1. The number of benzene rings is 1. The minimum atomic E-state index is -2.64. The highest BCUT2D eigenvalue weighted by Crippen LogP contribution is 2.40. The molecule has 2 aromatic rings. The third-order valence-electron chi connectivity index (χ3n) is 6.87. The van der Waals surface area contributed by atoms with Crippen molar-refractivity contribution in [1.29, 1.82) is 0 Å². The van der Waals surface area contributed by atoms with E-state index in [0.717, 1.165) is 0 Å². The zero-order valence-electron chi connectivity index (χ0n) is 19.0. The number of nitrogens with zero attached hydrogens (tertiary/aromatic N) is 3. The van der Waals surface area contributed by atoms with E-state index in [1.165, 1.54) is 18.2 Å². The van der Waals surface area contributed by atoms with E-state index in [1.807, 2.05) is 13.8 Å². The number of carbonyl (C=O) groups is 2. The van der Waals surface area contributed by atoms with E-state index in [-0.39, 0.29) is 47.6 Å². The van der Waals surface area contributed by atoms with Crippen molar-refractivity contribution in [3.8, 4) is 11.3 Å². The molecule has 1 saturated carbocycles. The van der Waals surface area contributed by atoms with Crippen LogP contribution in [0.15, 0.2) is 18.2 Å². The molecule has 3 N–H and O–H groups in total. The summed E-state index contributed by atoms with van der Waals surface area (Å²) in [7, 11) is 0. The van der Waals surface area contributed by atoms with Gasteiger partial charge in [0, 0.05) is 30.5 Å². The molecule has 0 saturated heterocycles. The molecule has 184 valence electrons. The molecular weight excluding hydrogens is 471 g/mol. The Labute approximate surface area is 200 Å². The Hall–Kier alpha value is -2.75. The van der Waals surface area contributed by atoms with Crippen LogP contribution in [0, 0.1) is 11.7 Å². The van der Waals surface area contributed by atoms with Gasteiger partial charge >= 0.3 is 6.03 Å². The van der Waals surface area contributed by atoms with Crippen LogP contribution in [-0.4, -0.2) is 44.6 Å². The molecule has 3 amide bonds. The molecule has 1 fully saturated rings. The Kier molecular flexibility index (Phi) is 6.30. The maximum atomic E-state index is 13.6. The molecule has 0 atom stereocenters. The van der Waals surface area contributed by atoms with Crippen LogP contribution < -0.4 is 11.1 Å². The maximum Gasteiger partial charge on any atom is 0.318 e. The summed E-state index contributed by atoms with van der Waals surface area (Å²) >= 11 is 5.90. The van der Waals surface area contributed by atoms with Gasteiger partial charge in [0.05, 0.1) is 29.4 Å². The molecule has 11 heteroatoms. The molecule has 0 spiro atoms. The van der Waals surface area contributed by atoms with Crippen molar-refractivity contribution in [2.45, 2.75) is 64.1 Å². The van der Waals surface area contributed by atoms with Gasteiger partial charge in [0.15, 0.2) is 0 Å². The van der Waals surface area contributed by atoms with Crippen LogP contribution in [0.3, 0.4) is 0 Å². The average molecular weight is 498 g/mol. The molecule has 0 bridgehead atoms. The van der Waals surface area contributed by atoms with E-state index in [1.54, 1.807) is 9.58 Å². The van der Waals surface area contributed by atoms with Gasteiger partial charge in [0.1, 0.15) is 11.5 Å². The summed E-state index contributed by atoms with van der Waals surface area (Å²) < 4.78 is 42.4. The fourth-order valence-corrected chi connectivity index (χ4v) is 4.99. The topological polar surface area (TPSA) is 93.2 Å². The molecule has 0 unspecified atom stereocenters. The third-order valence-corrected chi connectivity index (χ3v) is 7.16. The van der Waals surface area contributed by atoms with Crippen molar-refractivity contribution < 1.29 is 22.8 Å². The second-order valence-corrected chi connectivity index (χ2v) is 10.00. The summed E-state index contributed by atoms with van der Waals surface area (Å²) in [6.07, 6.45) is 0.307. The van der Waals surface area contributed by atoms with Crippen LogP contribution in [0.5, 0.6) is 0 Å². The molecule has 1 aromatic carbocycles. The predicted octanol–water partition coefficient (Wildman–Crippen LogP) is 4.57. The maximum absolute atomic E-state index is 13.6. The lowest BCUT2D eigenvalue weighted by Gasteiger charge is -2.41. The van der Waals surface area contributed by atoms with E-state index in [4.69, 9.17) is 17.3 Å². The van der Waals surface area contributed by atoms with Crippen molar-refractivity contribution in [2.24, 2.45) is 11.7 Å². The van der Waals surface area contributed by atoms with Crippen LogP contribution in [0.25, 0.3) is 11.3 Å². The van der Waals surface area contributed by atoms with Gasteiger partial charge in [-0.2, -0.15) is 5.10 Å². The number of hydrogen-bond donors (Lipinski definition) is 2. The normalized spacial score (nSPS) is 18.5. The van der Waals surface area contributed by atoms with Crippen LogP contribution in [0.4, 0.5) is 18.0 Å². The van der Waals surface area contributed by atoms with E-state index < -0.39 is 23.2 Å². The smallest absolute Gasteiger partial charge is 0.318 e. The zero-order chi connectivity index (χ0) is 24.8. The largest absolute Gasteiger partial charge is 0.365 e. The van der Waals surface area contributed by atoms with Crippen LogP contribution in [0.1, 0.15) is 55.6 Å². The third kappa shape index (κ3) is 4.73. The summed E-state index contributed by atoms with van der Waals surface area (Å²) in [5.41, 5.74) is 6.31. The lowest BCUT2D eigenvalue weighted by atomic mass is 9.75. The first-order chi connectivity index (χ1) is 15.9. The molecule has 2 aliphatic rings. The summed E-state index contributed by atoms with van der Waals surface area (Å²) in [6.45, 7) is 4.44. The first-order valence-corrected chi connectivity index (χ1v) is 11.6.